The molecule has 2 N–H and O–H groups in total. The molecule has 0 saturated heterocycles. The normalized spacial score (nSPS) is 9.50. The summed E-state index contributed by atoms with van der Waals surface area (Å²) in [6, 6.07) is 1.81. The van der Waals surface area contributed by atoms with Crippen molar-refractivity contribution in [2.75, 3.05) is 0 Å². The van der Waals surface area contributed by atoms with Gasteiger partial charge in [0.25, 0.3) is 0 Å². The van der Waals surface area contributed by atoms with E-state index in [2.05, 4.69) is 0 Å². The maximum Gasteiger partial charge on any atom is 0.338 e. The van der Waals surface area contributed by atoms with E-state index in [0.717, 1.165) is 0 Å². The third kappa shape index (κ3) is 1.35. The Kier molecular flexibility index (Phi) is 2.34. The van der Waals surface area contributed by atoms with Crippen LogP contribution in [-0.2, 0) is 0 Å². The molecule has 0 bridgehead atoms. The third-order valence-electron chi connectivity index (χ3n) is 1.53. The summed E-state index contributed by atoms with van der Waals surface area (Å²) in [5.74, 6) is -6.19. The second kappa shape index (κ2) is 3.30. The van der Waals surface area contributed by atoms with Crippen molar-refractivity contribution in [1.29, 1.82) is 5.26 Å². The standard InChI is InChI=1S/C8H3F2NO3/c9-5-3(2-11)1-4(8(13)14)6(10)7(5)12/h1,12H,(H,13,14). The number of phenols is 1. The Hall–Kier alpha value is -2.16. The lowest BCUT2D eigenvalue weighted by Crippen LogP contribution is -2.03. The fraction of sp³-hybridized carbons (Fsp3) is 0. The molecular weight excluding hydrogens is 196 g/mol. The summed E-state index contributed by atoms with van der Waals surface area (Å²) < 4.78 is 25.7. The molecule has 6 heteroatoms. The zero-order valence-corrected chi connectivity index (χ0v) is 6.58. The first-order chi connectivity index (χ1) is 6.49. The lowest BCUT2D eigenvalue weighted by molar-refractivity contribution is 0.0690. The summed E-state index contributed by atoms with van der Waals surface area (Å²) in [5.41, 5.74) is -1.67. The van der Waals surface area contributed by atoms with E-state index in [1.54, 1.807) is 0 Å². The van der Waals surface area contributed by atoms with E-state index in [-0.39, 0.29) is 0 Å². The highest BCUT2D eigenvalue weighted by Crippen LogP contribution is 2.26. The number of rotatable bonds is 1. The van der Waals surface area contributed by atoms with Crippen LogP contribution >= 0.6 is 0 Å². The average Bonchev–Trinajstić information content (AvgIpc) is 2.14. The van der Waals surface area contributed by atoms with E-state index < -0.39 is 34.5 Å². The van der Waals surface area contributed by atoms with Crippen LogP contribution in [0.15, 0.2) is 6.07 Å². The minimum absolute atomic E-state index is 0.521. The van der Waals surface area contributed by atoms with Crippen molar-refractivity contribution in [2.45, 2.75) is 0 Å². The molecule has 0 aliphatic heterocycles. The zero-order valence-electron chi connectivity index (χ0n) is 6.58. The summed E-state index contributed by atoms with van der Waals surface area (Å²) in [6.45, 7) is 0. The highest BCUT2D eigenvalue weighted by Gasteiger charge is 2.21. The molecule has 1 aromatic rings. The van der Waals surface area contributed by atoms with E-state index >= 15 is 0 Å². The molecule has 0 aliphatic carbocycles. The van der Waals surface area contributed by atoms with Gasteiger partial charge in [-0.2, -0.15) is 5.26 Å². The lowest BCUT2D eigenvalue weighted by Gasteiger charge is -2.02. The van der Waals surface area contributed by atoms with Crippen molar-refractivity contribution in [3.63, 3.8) is 0 Å². The highest BCUT2D eigenvalue weighted by molar-refractivity contribution is 5.89. The van der Waals surface area contributed by atoms with E-state index in [4.69, 9.17) is 15.5 Å². The number of aromatic hydroxyl groups is 1. The predicted octanol–water partition coefficient (Wildman–Crippen LogP) is 1.24. The van der Waals surface area contributed by atoms with Gasteiger partial charge in [0.1, 0.15) is 11.6 Å². The number of aromatic carboxylic acids is 1. The highest BCUT2D eigenvalue weighted by atomic mass is 19.1. The van der Waals surface area contributed by atoms with Gasteiger partial charge in [-0.1, -0.05) is 0 Å². The van der Waals surface area contributed by atoms with Gasteiger partial charge in [-0.05, 0) is 6.07 Å². The first-order valence-corrected chi connectivity index (χ1v) is 3.33. The van der Waals surface area contributed by atoms with Crippen molar-refractivity contribution < 1.29 is 23.8 Å². The van der Waals surface area contributed by atoms with Gasteiger partial charge in [0.15, 0.2) is 17.4 Å². The molecule has 4 nitrogen and oxygen atoms in total. The Morgan fingerprint density at radius 3 is 2.43 bits per heavy atom. The van der Waals surface area contributed by atoms with E-state index in [9.17, 15) is 13.6 Å². The summed E-state index contributed by atoms with van der Waals surface area (Å²) >= 11 is 0. The van der Waals surface area contributed by atoms with E-state index in [1.807, 2.05) is 0 Å². The van der Waals surface area contributed by atoms with Crippen LogP contribution in [0.4, 0.5) is 8.78 Å². The van der Waals surface area contributed by atoms with Crippen molar-refractivity contribution in [2.24, 2.45) is 0 Å². The molecular formula is C8H3F2NO3. The van der Waals surface area contributed by atoms with Gasteiger partial charge in [-0.3, -0.25) is 0 Å². The first-order valence-electron chi connectivity index (χ1n) is 3.33. The topological polar surface area (TPSA) is 81.3 Å². The van der Waals surface area contributed by atoms with Gasteiger partial charge in [-0.15, -0.1) is 0 Å². The van der Waals surface area contributed by atoms with Crippen molar-refractivity contribution in [1.82, 2.24) is 0 Å². The molecule has 0 amide bonds. The van der Waals surface area contributed by atoms with Crippen molar-refractivity contribution in [3.8, 4) is 11.8 Å². The largest absolute Gasteiger partial charge is 0.503 e. The zero-order chi connectivity index (χ0) is 10.9. The molecule has 0 aromatic heterocycles. The van der Waals surface area contributed by atoms with Crippen LogP contribution in [0.5, 0.6) is 5.75 Å². The maximum absolute atomic E-state index is 12.8. The number of carbonyl (C=O) groups is 1. The van der Waals surface area contributed by atoms with Crippen LogP contribution in [0.25, 0.3) is 0 Å². The van der Waals surface area contributed by atoms with E-state index in [0.29, 0.717) is 6.07 Å². The number of halogens is 2. The molecule has 1 aromatic carbocycles. The molecule has 0 fully saturated rings. The molecule has 0 saturated carbocycles. The summed E-state index contributed by atoms with van der Waals surface area (Å²) in [5, 5.41) is 25.5. The average molecular weight is 199 g/mol. The van der Waals surface area contributed by atoms with Gasteiger partial charge in [0.2, 0.25) is 0 Å². The van der Waals surface area contributed by atoms with Gasteiger partial charge in [0.05, 0.1) is 5.56 Å². The first kappa shape index (κ1) is 9.92. The maximum atomic E-state index is 12.8. The number of nitrogens with zero attached hydrogens (tertiary/aromatic N) is 1. The number of benzene rings is 1. The van der Waals surface area contributed by atoms with Crippen LogP contribution in [0.2, 0.25) is 0 Å². The third-order valence-corrected chi connectivity index (χ3v) is 1.53. The number of hydrogen-bond donors (Lipinski definition) is 2. The van der Waals surface area contributed by atoms with Crippen LogP contribution in [0.3, 0.4) is 0 Å². The van der Waals surface area contributed by atoms with E-state index in [1.165, 1.54) is 6.07 Å². The molecule has 0 radical (unpaired) electrons. The second-order valence-corrected chi connectivity index (χ2v) is 2.37. The molecule has 0 aliphatic rings. The summed E-state index contributed by atoms with van der Waals surface area (Å²) in [4.78, 5) is 10.4. The molecule has 0 spiro atoms. The van der Waals surface area contributed by atoms with Gasteiger partial charge in [0, 0.05) is 0 Å². The Balaban J connectivity index is 3.59. The fourth-order valence-corrected chi connectivity index (χ4v) is 0.860. The monoisotopic (exact) mass is 199 g/mol. The molecule has 0 unspecified atom stereocenters. The second-order valence-electron chi connectivity index (χ2n) is 2.37. The summed E-state index contributed by atoms with van der Waals surface area (Å²) in [6.07, 6.45) is 0. The number of hydrogen-bond acceptors (Lipinski definition) is 3. The number of nitriles is 1. The van der Waals surface area contributed by atoms with Crippen LogP contribution in [0, 0.1) is 23.0 Å². The minimum Gasteiger partial charge on any atom is -0.503 e. The Morgan fingerprint density at radius 2 is 2.00 bits per heavy atom. The Labute approximate surface area is 76.6 Å². The summed E-state index contributed by atoms with van der Waals surface area (Å²) in [7, 11) is 0. The van der Waals surface area contributed by atoms with Gasteiger partial charge in [-0.25, -0.2) is 13.6 Å². The quantitative estimate of drug-likeness (QED) is 0.712. The Bertz CT molecular complexity index is 451. The van der Waals surface area contributed by atoms with Crippen LogP contribution in [0.1, 0.15) is 15.9 Å². The van der Waals surface area contributed by atoms with Gasteiger partial charge < -0.3 is 10.2 Å². The molecule has 0 heterocycles. The van der Waals surface area contributed by atoms with Crippen LogP contribution < -0.4 is 0 Å². The number of carboxylic acids is 1. The van der Waals surface area contributed by atoms with Gasteiger partial charge >= 0.3 is 5.97 Å². The fourth-order valence-electron chi connectivity index (χ4n) is 0.860. The molecule has 1 rings (SSSR count). The predicted molar refractivity (Wildman–Crippen MR) is 39.7 cm³/mol. The minimum atomic E-state index is -1.69. The van der Waals surface area contributed by atoms with Crippen LogP contribution in [-0.4, -0.2) is 16.2 Å². The smallest absolute Gasteiger partial charge is 0.338 e. The van der Waals surface area contributed by atoms with Crippen molar-refractivity contribution >= 4 is 5.97 Å². The lowest BCUT2D eigenvalue weighted by atomic mass is 10.1. The molecule has 72 valence electrons. The molecule has 0 atom stereocenters. The Morgan fingerprint density at radius 1 is 1.43 bits per heavy atom. The van der Waals surface area contributed by atoms with Crippen molar-refractivity contribution in [3.05, 3.63) is 28.8 Å². The number of phenolic OH excluding ortho intramolecular Hbond substituents is 1. The molecule has 14 heavy (non-hydrogen) atoms. The SMILES string of the molecule is N#Cc1cc(C(=O)O)c(F)c(O)c1F. The number of carboxylic acid groups (broad SMARTS) is 1.